The molecule has 7 heteroatoms. The summed E-state index contributed by atoms with van der Waals surface area (Å²) in [6.45, 7) is 9.25. The molecule has 1 atom stereocenters. The zero-order valence-corrected chi connectivity index (χ0v) is 18.0. The van der Waals surface area contributed by atoms with E-state index in [0.717, 1.165) is 43.5 Å². The Balaban J connectivity index is 0.00000243. The van der Waals surface area contributed by atoms with Crippen molar-refractivity contribution in [3.05, 3.63) is 47.7 Å². The lowest BCUT2D eigenvalue weighted by atomic mass is 10.3. The van der Waals surface area contributed by atoms with Crippen molar-refractivity contribution < 1.29 is 4.42 Å². The van der Waals surface area contributed by atoms with E-state index in [1.165, 1.54) is 5.69 Å². The van der Waals surface area contributed by atoms with Gasteiger partial charge in [-0.05, 0) is 39.3 Å². The molecule has 3 rings (SSSR count). The summed E-state index contributed by atoms with van der Waals surface area (Å²) in [6, 6.07) is 10.9. The number of nitrogens with zero attached hydrogens (tertiary/aromatic N) is 3. The summed E-state index contributed by atoms with van der Waals surface area (Å²) in [7, 11) is 0. The van der Waals surface area contributed by atoms with E-state index in [1.54, 1.807) is 0 Å². The molecule has 0 spiro atoms. The van der Waals surface area contributed by atoms with Gasteiger partial charge < -0.3 is 20.0 Å². The van der Waals surface area contributed by atoms with E-state index in [0.29, 0.717) is 18.5 Å². The molecule has 1 aliphatic heterocycles. The maximum atomic E-state index is 5.61. The maximum Gasteiger partial charge on any atom is 0.216 e. The number of oxazole rings is 1. The van der Waals surface area contributed by atoms with Crippen LogP contribution in [0.15, 0.2) is 39.7 Å². The number of benzene rings is 1. The molecule has 1 unspecified atom stereocenters. The van der Waals surface area contributed by atoms with Crippen molar-refractivity contribution in [2.75, 3.05) is 24.5 Å². The van der Waals surface area contributed by atoms with Gasteiger partial charge in [-0.15, -0.1) is 24.0 Å². The third-order valence-electron chi connectivity index (χ3n) is 4.44. The lowest BCUT2D eigenvalue weighted by Gasteiger charge is -2.20. The standard InChI is InChI=1S/C19H27N5O.HI/c1-4-20-19(21-12-18-22-14(2)15(3)25-18)23-16-10-11-24(13-16)17-8-6-5-7-9-17;/h5-9,16H,4,10-13H2,1-3H3,(H2,20,21,23);1H. The molecular formula is C19H28IN5O. The number of aliphatic imine (C=N–C) groups is 1. The lowest BCUT2D eigenvalue weighted by Crippen LogP contribution is -2.44. The first-order valence-corrected chi connectivity index (χ1v) is 8.93. The number of aromatic nitrogens is 1. The fourth-order valence-corrected chi connectivity index (χ4v) is 3.02. The number of rotatable bonds is 5. The third-order valence-corrected chi connectivity index (χ3v) is 4.44. The zero-order valence-electron chi connectivity index (χ0n) is 15.7. The minimum absolute atomic E-state index is 0. The largest absolute Gasteiger partial charge is 0.444 e. The Hall–Kier alpha value is -1.77. The highest BCUT2D eigenvalue weighted by molar-refractivity contribution is 14.0. The normalized spacial score (nSPS) is 17.1. The molecular weight excluding hydrogens is 441 g/mol. The van der Waals surface area contributed by atoms with Gasteiger partial charge in [0.15, 0.2) is 5.96 Å². The Morgan fingerprint density at radius 3 is 2.73 bits per heavy atom. The first kappa shape index (κ1) is 20.5. The molecule has 1 aromatic heterocycles. The highest BCUT2D eigenvalue weighted by atomic mass is 127. The van der Waals surface area contributed by atoms with E-state index < -0.39 is 0 Å². The summed E-state index contributed by atoms with van der Waals surface area (Å²) in [5, 5.41) is 6.84. The summed E-state index contributed by atoms with van der Waals surface area (Å²) >= 11 is 0. The van der Waals surface area contributed by atoms with Crippen LogP contribution in [0.5, 0.6) is 0 Å². The topological polar surface area (TPSA) is 65.7 Å². The van der Waals surface area contributed by atoms with Gasteiger partial charge >= 0.3 is 0 Å². The average Bonchev–Trinajstić information content (AvgIpc) is 3.21. The van der Waals surface area contributed by atoms with E-state index in [2.05, 4.69) is 62.8 Å². The molecule has 1 aliphatic rings. The molecule has 0 amide bonds. The number of nitrogens with one attached hydrogen (secondary N) is 2. The molecule has 0 bridgehead atoms. The second-order valence-electron chi connectivity index (χ2n) is 6.36. The minimum atomic E-state index is 0. The van der Waals surface area contributed by atoms with Gasteiger partial charge in [0.2, 0.25) is 5.89 Å². The predicted octanol–water partition coefficient (Wildman–Crippen LogP) is 3.24. The number of para-hydroxylation sites is 1. The molecule has 2 N–H and O–H groups in total. The lowest BCUT2D eigenvalue weighted by molar-refractivity contribution is 0.472. The second kappa shape index (κ2) is 9.80. The van der Waals surface area contributed by atoms with Crippen LogP contribution in [0.3, 0.4) is 0 Å². The van der Waals surface area contributed by atoms with Gasteiger partial charge in [-0.1, -0.05) is 18.2 Å². The van der Waals surface area contributed by atoms with Crippen molar-refractivity contribution in [1.29, 1.82) is 0 Å². The first-order valence-electron chi connectivity index (χ1n) is 8.93. The number of halogens is 1. The number of hydrogen-bond donors (Lipinski definition) is 2. The van der Waals surface area contributed by atoms with Gasteiger partial charge in [0.1, 0.15) is 12.3 Å². The van der Waals surface area contributed by atoms with Crippen molar-refractivity contribution in [2.24, 2.45) is 4.99 Å². The van der Waals surface area contributed by atoms with Crippen LogP contribution in [0.2, 0.25) is 0 Å². The second-order valence-corrected chi connectivity index (χ2v) is 6.36. The van der Waals surface area contributed by atoms with Crippen molar-refractivity contribution in [1.82, 2.24) is 15.6 Å². The fraction of sp³-hybridized carbons (Fsp3) is 0.474. The third kappa shape index (κ3) is 5.36. The van der Waals surface area contributed by atoms with Crippen LogP contribution in [0.1, 0.15) is 30.7 Å². The van der Waals surface area contributed by atoms with Gasteiger partial charge in [0.05, 0.1) is 5.69 Å². The summed E-state index contributed by atoms with van der Waals surface area (Å²) in [4.78, 5) is 11.4. The Kier molecular flexibility index (Phi) is 7.74. The molecule has 1 saturated heterocycles. The molecule has 2 aromatic rings. The molecule has 26 heavy (non-hydrogen) atoms. The van der Waals surface area contributed by atoms with Gasteiger partial charge in [-0.3, -0.25) is 0 Å². The van der Waals surface area contributed by atoms with Crippen molar-refractivity contribution in [2.45, 2.75) is 39.8 Å². The molecule has 1 fully saturated rings. The van der Waals surface area contributed by atoms with Crippen LogP contribution < -0.4 is 15.5 Å². The van der Waals surface area contributed by atoms with Gasteiger partial charge in [-0.25, -0.2) is 9.98 Å². The van der Waals surface area contributed by atoms with E-state index >= 15 is 0 Å². The molecule has 0 radical (unpaired) electrons. The van der Waals surface area contributed by atoms with Crippen molar-refractivity contribution in [3.63, 3.8) is 0 Å². The van der Waals surface area contributed by atoms with Gasteiger partial charge in [0, 0.05) is 31.4 Å². The molecule has 0 aliphatic carbocycles. The average molecular weight is 469 g/mol. The molecule has 0 saturated carbocycles. The van der Waals surface area contributed by atoms with Crippen LogP contribution in [0.25, 0.3) is 0 Å². The summed E-state index contributed by atoms with van der Waals surface area (Å²) in [5.74, 6) is 2.33. The zero-order chi connectivity index (χ0) is 17.6. The summed E-state index contributed by atoms with van der Waals surface area (Å²) < 4.78 is 5.61. The predicted molar refractivity (Wildman–Crippen MR) is 116 cm³/mol. The van der Waals surface area contributed by atoms with Gasteiger partial charge in [-0.2, -0.15) is 0 Å². The van der Waals surface area contributed by atoms with Crippen molar-refractivity contribution in [3.8, 4) is 0 Å². The highest BCUT2D eigenvalue weighted by Gasteiger charge is 2.23. The van der Waals surface area contributed by atoms with Crippen LogP contribution in [-0.4, -0.2) is 36.6 Å². The van der Waals surface area contributed by atoms with Crippen LogP contribution in [0, 0.1) is 13.8 Å². The number of guanidine groups is 1. The quantitative estimate of drug-likeness (QED) is 0.400. The smallest absolute Gasteiger partial charge is 0.216 e. The number of hydrogen-bond acceptors (Lipinski definition) is 4. The number of anilines is 1. The van der Waals surface area contributed by atoms with Gasteiger partial charge in [0.25, 0.3) is 0 Å². The van der Waals surface area contributed by atoms with Crippen LogP contribution in [0.4, 0.5) is 5.69 Å². The minimum Gasteiger partial charge on any atom is -0.444 e. The molecule has 6 nitrogen and oxygen atoms in total. The van der Waals surface area contributed by atoms with E-state index in [4.69, 9.17) is 4.42 Å². The van der Waals surface area contributed by atoms with Crippen LogP contribution in [-0.2, 0) is 6.54 Å². The molecule has 2 heterocycles. The first-order chi connectivity index (χ1) is 12.2. The highest BCUT2D eigenvalue weighted by Crippen LogP contribution is 2.19. The summed E-state index contributed by atoms with van der Waals surface area (Å²) in [5.41, 5.74) is 2.21. The van der Waals surface area contributed by atoms with E-state index in [9.17, 15) is 0 Å². The Labute approximate surface area is 172 Å². The summed E-state index contributed by atoms with van der Waals surface area (Å²) in [6.07, 6.45) is 1.09. The maximum absolute atomic E-state index is 5.61. The molecule has 142 valence electrons. The number of aryl methyl sites for hydroxylation is 2. The fourth-order valence-electron chi connectivity index (χ4n) is 3.02. The Morgan fingerprint density at radius 2 is 2.08 bits per heavy atom. The SMILES string of the molecule is CCNC(=NCc1nc(C)c(C)o1)NC1CCN(c2ccccc2)C1.I. The van der Waals surface area contributed by atoms with E-state index in [-0.39, 0.29) is 24.0 Å². The van der Waals surface area contributed by atoms with E-state index in [1.807, 2.05) is 13.8 Å². The Morgan fingerprint density at radius 1 is 1.31 bits per heavy atom. The van der Waals surface area contributed by atoms with Crippen LogP contribution >= 0.6 is 24.0 Å². The molecule has 1 aromatic carbocycles. The Bertz CT molecular complexity index is 696. The monoisotopic (exact) mass is 469 g/mol. The van der Waals surface area contributed by atoms with Crippen molar-refractivity contribution >= 4 is 35.6 Å².